The van der Waals surface area contributed by atoms with Crippen molar-refractivity contribution >= 4 is 12.0 Å². The van der Waals surface area contributed by atoms with Crippen LogP contribution in [0.1, 0.15) is 25.8 Å². The van der Waals surface area contributed by atoms with E-state index in [9.17, 15) is 4.79 Å². The molecule has 0 bridgehead atoms. The van der Waals surface area contributed by atoms with Crippen LogP contribution in [0.25, 0.3) is 6.08 Å². The topological polar surface area (TPSA) is 26.3 Å². The Hall–Kier alpha value is -1.57. The third-order valence-corrected chi connectivity index (χ3v) is 2.48. The Labute approximate surface area is 96.9 Å². The fourth-order valence-electron chi connectivity index (χ4n) is 1.41. The van der Waals surface area contributed by atoms with Gasteiger partial charge in [-0.3, -0.25) is 4.79 Å². The number of hydrogen-bond donors (Lipinski definition) is 0. The molecule has 1 aromatic carbocycles. The average molecular weight is 218 g/mol. The van der Waals surface area contributed by atoms with Crippen molar-refractivity contribution in [1.29, 1.82) is 0 Å². The molecule has 0 saturated heterocycles. The van der Waals surface area contributed by atoms with Gasteiger partial charge in [0.1, 0.15) is 0 Å². The first kappa shape index (κ1) is 12.5. The fraction of sp³-hybridized carbons (Fsp3) is 0.357. The van der Waals surface area contributed by atoms with Gasteiger partial charge in [-0.05, 0) is 25.8 Å². The zero-order valence-electron chi connectivity index (χ0n) is 10.1. The zero-order chi connectivity index (χ0) is 12.0. The quantitative estimate of drug-likeness (QED) is 0.725. The number of esters is 1. The van der Waals surface area contributed by atoms with Crippen LogP contribution in [0.5, 0.6) is 0 Å². The second kappa shape index (κ2) is 5.50. The van der Waals surface area contributed by atoms with Crippen LogP contribution in [0.3, 0.4) is 0 Å². The molecule has 2 heteroatoms. The normalized spacial score (nSPS) is 11.7. The van der Waals surface area contributed by atoms with Gasteiger partial charge in [0, 0.05) is 0 Å². The number of methoxy groups -OCH3 is 1. The highest BCUT2D eigenvalue weighted by molar-refractivity contribution is 5.76. The van der Waals surface area contributed by atoms with E-state index in [4.69, 9.17) is 4.74 Å². The highest BCUT2D eigenvalue weighted by Gasteiger charge is 2.26. The summed E-state index contributed by atoms with van der Waals surface area (Å²) in [6, 6.07) is 10.0. The average Bonchev–Trinajstić information content (AvgIpc) is 2.29. The molecule has 0 aromatic heterocycles. The van der Waals surface area contributed by atoms with Gasteiger partial charge >= 0.3 is 5.97 Å². The zero-order valence-corrected chi connectivity index (χ0v) is 10.1. The Kier molecular flexibility index (Phi) is 4.29. The molecule has 0 spiro atoms. The van der Waals surface area contributed by atoms with E-state index in [1.54, 1.807) is 0 Å². The number of ether oxygens (including phenoxy) is 1. The largest absolute Gasteiger partial charge is 0.469 e. The van der Waals surface area contributed by atoms with Crippen LogP contribution < -0.4 is 0 Å². The van der Waals surface area contributed by atoms with Crippen LogP contribution in [-0.4, -0.2) is 13.1 Å². The molecule has 86 valence electrons. The molecule has 0 aliphatic carbocycles. The lowest BCUT2D eigenvalue weighted by atomic mass is 9.89. The second-order valence-electron chi connectivity index (χ2n) is 4.39. The summed E-state index contributed by atoms with van der Waals surface area (Å²) in [5.41, 5.74) is 0.684. The van der Waals surface area contributed by atoms with Crippen molar-refractivity contribution in [2.75, 3.05) is 7.11 Å². The molecule has 0 saturated carbocycles. The predicted octanol–water partition coefficient (Wildman–Crippen LogP) is 3.29. The molecule has 0 atom stereocenters. The molecule has 16 heavy (non-hydrogen) atoms. The number of rotatable bonds is 4. The van der Waals surface area contributed by atoms with Crippen molar-refractivity contribution in [1.82, 2.24) is 0 Å². The number of allylic oxidation sites excluding steroid dienone is 1. The van der Waals surface area contributed by atoms with Gasteiger partial charge < -0.3 is 4.74 Å². The first-order valence-electron chi connectivity index (χ1n) is 5.36. The van der Waals surface area contributed by atoms with E-state index in [0.29, 0.717) is 6.42 Å². The number of hydrogen-bond acceptors (Lipinski definition) is 2. The molecule has 1 aromatic rings. The van der Waals surface area contributed by atoms with Crippen LogP contribution in [0.15, 0.2) is 36.4 Å². The summed E-state index contributed by atoms with van der Waals surface area (Å²) in [4.78, 5) is 11.4. The van der Waals surface area contributed by atoms with Gasteiger partial charge in [-0.2, -0.15) is 0 Å². The van der Waals surface area contributed by atoms with Crippen LogP contribution in [0.2, 0.25) is 0 Å². The molecule has 0 aliphatic rings. The van der Waals surface area contributed by atoms with E-state index in [2.05, 4.69) is 0 Å². The van der Waals surface area contributed by atoms with Crippen LogP contribution in [0.4, 0.5) is 0 Å². The predicted molar refractivity (Wildman–Crippen MR) is 65.9 cm³/mol. The molecule has 0 radical (unpaired) electrons. The third kappa shape index (κ3) is 3.54. The molecule has 0 fully saturated rings. The summed E-state index contributed by atoms with van der Waals surface area (Å²) in [7, 11) is 1.42. The number of carbonyl (C=O) groups is 1. The van der Waals surface area contributed by atoms with Crippen LogP contribution >= 0.6 is 0 Å². The Bertz CT molecular complexity index is 364. The van der Waals surface area contributed by atoms with Gasteiger partial charge in [-0.1, -0.05) is 42.5 Å². The highest BCUT2D eigenvalue weighted by Crippen LogP contribution is 2.23. The number of benzene rings is 1. The Morgan fingerprint density at radius 2 is 1.94 bits per heavy atom. The van der Waals surface area contributed by atoms with E-state index < -0.39 is 5.41 Å². The molecule has 0 N–H and O–H groups in total. The van der Waals surface area contributed by atoms with Gasteiger partial charge in [0.05, 0.1) is 12.5 Å². The molecule has 1 rings (SSSR count). The van der Waals surface area contributed by atoms with Crippen molar-refractivity contribution in [2.24, 2.45) is 5.41 Å². The lowest BCUT2D eigenvalue weighted by molar-refractivity contribution is -0.150. The minimum Gasteiger partial charge on any atom is -0.469 e. The van der Waals surface area contributed by atoms with Crippen molar-refractivity contribution < 1.29 is 9.53 Å². The summed E-state index contributed by atoms with van der Waals surface area (Å²) in [6.45, 7) is 3.77. The van der Waals surface area contributed by atoms with E-state index in [1.807, 2.05) is 56.3 Å². The molecule has 0 unspecified atom stereocenters. The monoisotopic (exact) mass is 218 g/mol. The number of carbonyl (C=O) groups excluding carboxylic acids is 1. The Morgan fingerprint density at radius 1 is 1.31 bits per heavy atom. The van der Waals surface area contributed by atoms with Crippen LogP contribution in [0, 0.1) is 5.41 Å². The van der Waals surface area contributed by atoms with Gasteiger partial charge in [0.2, 0.25) is 0 Å². The second-order valence-corrected chi connectivity index (χ2v) is 4.39. The molecule has 0 heterocycles. The van der Waals surface area contributed by atoms with Crippen molar-refractivity contribution in [3.8, 4) is 0 Å². The van der Waals surface area contributed by atoms with E-state index in [0.717, 1.165) is 5.56 Å². The lowest BCUT2D eigenvalue weighted by Gasteiger charge is -2.18. The molecular formula is C14H18O2. The summed E-state index contributed by atoms with van der Waals surface area (Å²) >= 11 is 0. The molecule has 0 aliphatic heterocycles. The van der Waals surface area contributed by atoms with Gasteiger partial charge in [-0.15, -0.1) is 0 Å². The summed E-state index contributed by atoms with van der Waals surface area (Å²) < 4.78 is 4.74. The maximum Gasteiger partial charge on any atom is 0.311 e. The van der Waals surface area contributed by atoms with E-state index >= 15 is 0 Å². The molecular weight excluding hydrogens is 200 g/mol. The smallest absolute Gasteiger partial charge is 0.311 e. The highest BCUT2D eigenvalue weighted by atomic mass is 16.5. The molecule has 0 amide bonds. The maximum absolute atomic E-state index is 11.4. The van der Waals surface area contributed by atoms with Crippen molar-refractivity contribution in [2.45, 2.75) is 20.3 Å². The summed E-state index contributed by atoms with van der Waals surface area (Å²) in [5.74, 6) is -0.176. The summed E-state index contributed by atoms with van der Waals surface area (Å²) in [6.07, 6.45) is 4.70. The van der Waals surface area contributed by atoms with Gasteiger partial charge in [-0.25, -0.2) is 0 Å². The Morgan fingerprint density at radius 3 is 2.50 bits per heavy atom. The van der Waals surface area contributed by atoms with E-state index in [-0.39, 0.29) is 5.97 Å². The standard InChI is InChI=1S/C14H18O2/c1-14(2,13(15)16-3)11-7-10-12-8-5-4-6-9-12/h4-10H,11H2,1-3H3/b10-7+. The SMILES string of the molecule is COC(=O)C(C)(C)C/C=C/c1ccccc1. The molecule has 2 nitrogen and oxygen atoms in total. The van der Waals surface area contributed by atoms with Crippen molar-refractivity contribution in [3.63, 3.8) is 0 Å². The first-order valence-corrected chi connectivity index (χ1v) is 5.36. The fourth-order valence-corrected chi connectivity index (χ4v) is 1.41. The first-order chi connectivity index (χ1) is 7.56. The lowest BCUT2D eigenvalue weighted by Crippen LogP contribution is -2.24. The third-order valence-electron chi connectivity index (χ3n) is 2.48. The minimum absolute atomic E-state index is 0.176. The van der Waals surface area contributed by atoms with Gasteiger partial charge in [0.15, 0.2) is 0 Å². The van der Waals surface area contributed by atoms with Crippen molar-refractivity contribution in [3.05, 3.63) is 42.0 Å². The minimum atomic E-state index is -0.458. The Balaban J connectivity index is 2.58. The van der Waals surface area contributed by atoms with E-state index in [1.165, 1.54) is 7.11 Å². The maximum atomic E-state index is 11.4. The van der Waals surface area contributed by atoms with Crippen LogP contribution in [-0.2, 0) is 9.53 Å². The van der Waals surface area contributed by atoms with Gasteiger partial charge in [0.25, 0.3) is 0 Å². The summed E-state index contributed by atoms with van der Waals surface area (Å²) in [5, 5.41) is 0.